The Morgan fingerprint density at radius 3 is 2.07 bits per heavy atom. The number of aromatic hydroxyl groups is 1. The Balaban J connectivity index is 1.00. The van der Waals surface area contributed by atoms with E-state index in [4.69, 9.17) is 4.74 Å². The highest BCUT2D eigenvalue weighted by Gasteiger charge is 2.33. The van der Waals surface area contributed by atoms with Crippen LogP contribution in [0.2, 0.25) is 0 Å². The minimum atomic E-state index is 0.155. The van der Waals surface area contributed by atoms with Crippen LogP contribution >= 0.6 is 11.8 Å². The molecule has 0 saturated carbocycles. The Kier molecular flexibility index (Phi) is 11.9. The first-order valence-corrected chi connectivity index (χ1v) is 17.2. The predicted molar refractivity (Wildman–Crippen MR) is 174 cm³/mol. The van der Waals surface area contributed by atoms with E-state index in [0.717, 1.165) is 11.3 Å². The van der Waals surface area contributed by atoms with Gasteiger partial charge in [-0.25, -0.2) is 0 Å². The van der Waals surface area contributed by atoms with Crippen molar-refractivity contribution in [2.24, 2.45) is 0 Å². The molecule has 1 N–H and O–H groups in total. The van der Waals surface area contributed by atoms with Crippen molar-refractivity contribution in [3.8, 4) is 11.5 Å². The van der Waals surface area contributed by atoms with Crippen molar-refractivity contribution in [3.63, 3.8) is 0 Å². The summed E-state index contributed by atoms with van der Waals surface area (Å²) in [5, 5.41) is 10.3. The van der Waals surface area contributed by atoms with Crippen LogP contribution in [0.25, 0.3) is 0 Å². The van der Waals surface area contributed by atoms with Gasteiger partial charge in [0, 0.05) is 22.3 Å². The van der Waals surface area contributed by atoms with Gasteiger partial charge >= 0.3 is 0 Å². The number of ether oxygens (including phenoxy) is 1. The van der Waals surface area contributed by atoms with Crippen LogP contribution in [0.3, 0.4) is 0 Å². The number of fused-ring (bicyclic) bond motifs is 1. The Hall–Kier alpha value is -2.43. The Morgan fingerprint density at radius 1 is 0.707 bits per heavy atom. The lowest BCUT2D eigenvalue weighted by molar-refractivity contribution is 0.248. The smallest absolute Gasteiger partial charge is 0.123 e. The third-order valence-corrected chi connectivity index (χ3v) is 10.1. The molecule has 2 aliphatic heterocycles. The molecule has 2 heterocycles. The van der Waals surface area contributed by atoms with Crippen LogP contribution < -0.4 is 4.74 Å². The average molecular weight is 572 g/mol. The molecule has 0 aromatic heterocycles. The minimum absolute atomic E-state index is 0.155. The monoisotopic (exact) mass is 571 g/mol. The fourth-order valence-electron chi connectivity index (χ4n) is 6.62. The molecular formula is C37H49NO2S. The molecule has 0 bridgehead atoms. The molecule has 2 aliphatic rings. The van der Waals surface area contributed by atoms with Crippen molar-refractivity contribution in [1.82, 2.24) is 4.90 Å². The van der Waals surface area contributed by atoms with Crippen molar-refractivity contribution in [1.29, 1.82) is 0 Å². The summed E-state index contributed by atoms with van der Waals surface area (Å²) in [6.07, 6.45) is 16.8. The van der Waals surface area contributed by atoms with Crippen molar-refractivity contribution >= 4 is 11.8 Å². The number of hydrogen-bond acceptors (Lipinski definition) is 4. The highest BCUT2D eigenvalue weighted by Crippen LogP contribution is 2.47. The summed E-state index contributed by atoms with van der Waals surface area (Å²) in [5.74, 6) is 2.73. The number of thioether (sulfide) groups is 1. The van der Waals surface area contributed by atoms with Crippen molar-refractivity contribution in [2.45, 2.75) is 93.8 Å². The molecule has 0 radical (unpaired) electrons. The molecule has 3 nitrogen and oxygen atoms in total. The van der Waals surface area contributed by atoms with Gasteiger partial charge in [0.1, 0.15) is 11.5 Å². The van der Waals surface area contributed by atoms with E-state index in [1.165, 1.54) is 118 Å². The minimum Gasteiger partial charge on any atom is -0.508 e. The predicted octanol–water partition coefficient (Wildman–Crippen LogP) is 9.79. The zero-order chi connectivity index (χ0) is 28.1. The summed E-state index contributed by atoms with van der Waals surface area (Å²) in [7, 11) is 0. The normalized spacial score (nSPS) is 18.7. The Labute approximate surface area is 252 Å². The van der Waals surface area contributed by atoms with Gasteiger partial charge in [0.05, 0.1) is 6.61 Å². The van der Waals surface area contributed by atoms with Gasteiger partial charge in [-0.2, -0.15) is 0 Å². The van der Waals surface area contributed by atoms with E-state index >= 15 is 0 Å². The van der Waals surface area contributed by atoms with E-state index in [0.29, 0.717) is 12.4 Å². The van der Waals surface area contributed by atoms with Gasteiger partial charge in [-0.1, -0.05) is 93.8 Å². The third-order valence-electron chi connectivity index (χ3n) is 8.95. The number of phenols is 1. The zero-order valence-electron chi connectivity index (χ0n) is 24.8. The molecule has 0 spiro atoms. The number of phenolic OH excluding ortho intramolecular Hbond substituents is 1. The second kappa shape index (κ2) is 16.3. The van der Waals surface area contributed by atoms with Gasteiger partial charge in [-0.05, 0) is 92.5 Å². The van der Waals surface area contributed by atoms with Crippen molar-refractivity contribution in [2.75, 3.05) is 32.0 Å². The van der Waals surface area contributed by atoms with Crippen molar-refractivity contribution in [3.05, 3.63) is 89.5 Å². The average Bonchev–Trinajstić information content (AvgIpc) is 3.53. The first-order chi connectivity index (χ1) is 20.3. The lowest BCUT2D eigenvalue weighted by Gasteiger charge is -2.34. The summed E-state index contributed by atoms with van der Waals surface area (Å²) < 4.78 is 6.15. The lowest BCUT2D eigenvalue weighted by atomic mass is 9.76. The van der Waals surface area contributed by atoms with Crippen LogP contribution in [0.4, 0.5) is 0 Å². The lowest BCUT2D eigenvalue weighted by Crippen LogP contribution is -2.25. The zero-order valence-corrected chi connectivity index (χ0v) is 25.6. The summed E-state index contributed by atoms with van der Waals surface area (Å²) in [6.45, 7) is 4.67. The fraction of sp³-hybridized carbons (Fsp3) is 0.514. The van der Waals surface area contributed by atoms with Crippen molar-refractivity contribution < 1.29 is 9.84 Å². The summed E-state index contributed by atoms with van der Waals surface area (Å²) in [5.41, 5.74) is 3.63. The first-order valence-electron chi connectivity index (χ1n) is 16.2. The standard InChI is InChI=1S/C37H49NO2S/c39-32-20-23-36-34(28-32)37(35(29-40-36)30-16-10-9-11-17-30)31-18-21-33(22-19-31)41-27-15-8-6-4-2-1-3-5-7-12-24-38-25-13-14-26-38/h9-11,16-23,28,35,37,39H,1-8,12-15,24-27,29H2. The maximum Gasteiger partial charge on any atom is 0.123 e. The van der Waals surface area contributed by atoms with Crippen LogP contribution in [0.5, 0.6) is 11.5 Å². The van der Waals surface area contributed by atoms with Crippen LogP contribution in [0, 0.1) is 0 Å². The Bertz CT molecular complexity index is 1160. The molecule has 3 aromatic carbocycles. The number of unbranched alkanes of at least 4 members (excludes halogenated alkanes) is 9. The van der Waals surface area contributed by atoms with Gasteiger partial charge in [0.2, 0.25) is 0 Å². The number of nitrogens with zero attached hydrogens (tertiary/aromatic N) is 1. The number of likely N-dealkylation sites (tertiary alicyclic amines) is 1. The summed E-state index contributed by atoms with van der Waals surface area (Å²) in [6, 6.07) is 25.3. The molecule has 2 atom stereocenters. The Morgan fingerprint density at radius 2 is 1.37 bits per heavy atom. The topological polar surface area (TPSA) is 32.7 Å². The van der Waals surface area contributed by atoms with Crippen LogP contribution in [-0.2, 0) is 0 Å². The number of hydrogen-bond donors (Lipinski definition) is 1. The maximum atomic E-state index is 10.3. The first kappa shape index (κ1) is 30.0. The molecule has 0 aliphatic carbocycles. The van der Waals surface area contributed by atoms with Crippen LogP contribution in [-0.4, -0.2) is 42.0 Å². The van der Waals surface area contributed by atoms with Gasteiger partial charge in [0.25, 0.3) is 0 Å². The van der Waals surface area contributed by atoms with Crippen LogP contribution in [0.15, 0.2) is 77.7 Å². The summed E-state index contributed by atoms with van der Waals surface area (Å²) >= 11 is 1.98. The quantitative estimate of drug-likeness (QED) is 0.137. The van der Waals surface area contributed by atoms with E-state index in [2.05, 4.69) is 59.5 Å². The van der Waals surface area contributed by atoms with Gasteiger partial charge in [0.15, 0.2) is 0 Å². The molecule has 0 amide bonds. The molecule has 220 valence electrons. The molecule has 1 saturated heterocycles. The van der Waals surface area contributed by atoms with Crippen LogP contribution in [0.1, 0.15) is 106 Å². The highest BCUT2D eigenvalue weighted by atomic mass is 32.2. The van der Waals surface area contributed by atoms with E-state index in [1.54, 1.807) is 6.07 Å². The second-order valence-electron chi connectivity index (χ2n) is 12.0. The van der Waals surface area contributed by atoms with E-state index in [-0.39, 0.29) is 11.8 Å². The fourth-order valence-corrected chi connectivity index (χ4v) is 7.54. The molecule has 1 fully saturated rings. The van der Waals surface area contributed by atoms with E-state index in [9.17, 15) is 5.11 Å². The molecular weight excluding hydrogens is 522 g/mol. The van der Waals surface area contributed by atoms with Gasteiger partial charge < -0.3 is 14.7 Å². The molecule has 5 rings (SSSR count). The third kappa shape index (κ3) is 9.03. The number of rotatable bonds is 16. The molecule has 3 aromatic rings. The largest absolute Gasteiger partial charge is 0.508 e. The molecule has 2 unspecified atom stereocenters. The summed E-state index contributed by atoms with van der Waals surface area (Å²) in [4.78, 5) is 3.99. The van der Waals surface area contributed by atoms with E-state index in [1.807, 2.05) is 23.9 Å². The number of benzene rings is 3. The highest BCUT2D eigenvalue weighted by molar-refractivity contribution is 7.99. The maximum absolute atomic E-state index is 10.3. The molecule has 4 heteroatoms. The van der Waals surface area contributed by atoms with Gasteiger partial charge in [-0.15, -0.1) is 11.8 Å². The second-order valence-corrected chi connectivity index (χ2v) is 13.2. The SMILES string of the molecule is Oc1ccc2c(c1)C(c1ccc(SCCCCCCCCCCCCN3CCCC3)cc1)C(c1ccccc1)CO2. The molecule has 41 heavy (non-hydrogen) atoms. The van der Waals surface area contributed by atoms with Gasteiger partial charge in [-0.3, -0.25) is 0 Å². The van der Waals surface area contributed by atoms with E-state index < -0.39 is 0 Å².